The summed E-state index contributed by atoms with van der Waals surface area (Å²) in [5.41, 5.74) is 2.75. The van der Waals surface area contributed by atoms with Gasteiger partial charge in [0.2, 0.25) is 0 Å². The highest BCUT2D eigenvalue weighted by Crippen LogP contribution is 2.29. The van der Waals surface area contributed by atoms with Crippen molar-refractivity contribution in [2.45, 2.75) is 26.7 Å². The molecule has 0 bridgehead atoms. The second-order valence-electron chi connectivity index (χ2n) is 3.73. The molecule has 0 N–H and O–H groups in total. The van der Waals surface area contributed by atoms with E-state index < -0.39 is 0 Å². The third-order valence-electron chi connectivity index (χ3n) is 2.24. The summed E-state index contributed by atoms with van der Waals surface area (Å²) in [5.74, 6) is 1.08. The van der Waals surface area contributed by atoms with E-state index in [-0.39, 0.29) is 0 Å². The van der Waals surface area contributed by atoms with Crippen LogP contribution < -0.4 is 0 Å². The first-order valence-corrected chi connectivity index (χ1v) is 5.02. The Labute approximate surface area is 87.9 Å². The van der Waals surface area contributed by atoms with Gasteiger partial charge in [0.15, 0.2) is 11.5 Å². The molecule has 0 radical (unpaired) electrons. The molecule has 0 unspecified atom stereocenters. The van der Waals surface area contributed by atoms with Gasteiger partial charge >= 0.3 is 0 Å². The van der Waals surface area contributed by atoms with Crippen LogP contribution in [0.4, 0.5) is 0 Å². The van der Waals surface area contributed by atoms with Crippen LogP contribution in [0, 0.1) is 6.92 Å². The summed E-state index contributed by atoms with van der Waals surface area (Å²) in [6.07, 6.45) is 0. The maximum Gasteiger partial charge on any atom is 0.192 e. The quantitative estimate of drug-likeness (QED) is 0.712. The van der Waals surface area contributed by atoms with Crippen molar-refractivity contribution in [3.05, 3.63) is 28.6 Å². The largest absolute Gasteiger partial charge is 0.441 e. The first kappa shape index (κ1) is 9.53. The van der Waals surface area contributed by atoms with Gasteiger partial charge in [0.1, 0.15) is 5.52 Å². The minimum absolute atomic E-state index is 0.400. The predicted octanol–water partition coefficient (Wildman–Crippen LogP) is 3.91. The molecule has 3 heteroatoms. The van der Waals surface area contributed by atoms with Crippen molar-refractivity contribution in [3.8, 4) is 0 Å². The molecule has 14 heavy (non-hydrogen) atoms. The van der Waals surface area contributed by atoms with E-state index >= 15 is 0 Å². The fraction of sp³-hybridized carbons (Fsp3) is 0.364. The summed E-state index contributed by atoms with van der Waals surface area (Å²) < 4.78 is 5.44. The second kappa shape index (κ2) is 3.28. The molecule has 0 spiro atoms. The maximum atomic E-state index is 6.13. The third-order valence-corrected chi connectivity index (χ3v) is 2.56. The molecule has 0 aliphatic rings. The normalized spacial score (nSPS) is 11.5. The first-order valence-electron chi connectivity index (χ1n) is 4.64. The number of nitrogens with zero attached hydrogens (tertiary/aromatic N) is 1. The molecular weight excluding hydrogens is 198 g/mol. The molecule has 0 aliphatic heterocycles. The molecule has 2 rings (SSSR count). The summed E-state index contributed by atoms with van der Waals surface area (Å²) in [4.78, 5) is 4.22. The molecule has 0 saturated heterocycles. The Bertz CT molecular complexity index is 473. The van der Waals surface area contributed by atoms with Gasteiger partial charge in [-0.2, -0.15) is 0 Å². The van der Waals surface area contributed by atoms with Crippen LogP contribution >= 0.6 is 11.6 Å². The van der Waals surface area contributed by atoms with Gasteiger partial charge in [-0.3, -0.25) is 0 Å². The van der Waals surface area contributed by atoms with Crippen molar-refractivity contribution >= 4 is 22.7 Å². The van der Waals surface area contributed by atoms with E-state index in [1.54, 1.807) is 0 Å². The Morgan fingerprint density at radius 3 is 2.71 bits per heavy atom. The van der Waals surface area contributed by atoms with Crippen molar-refractivity contribution in [1.29, 1.82) is 0 Å². The zero-order valence-electron chi connectivity index (χ0n) is 8.47. The standard InChI is InChI=1S/C11H12ClNO/c1-6(2)8-4-11-10(5-9(8)12)13-7(3)14-11/h4-6H,1-3H3. The van der Waals surface area contributed by atoms with Gasteiger partial charge in [0, 0.05) is 11.9 Å². The molecule has 0 atom stereocenters. The van der Waals surface area contributed by atoms with Gasteiger partial charge < -0.3 is 4.42 Å². The fourth-order valence-corrected chi connectivity index (χ4v) is 1.90. The number of benzene rings is 1. The number of oxazole rings is 1. The highest BCUT2D eigenvalue weighted by molar-refractivity contribution is 6.32. The molecule has 0 fully saturated rings. The number of aryl methyl sites for hydroxylation is 1. The molecular formula is C11H12ClNO. The SMILES string of the molecule is Cc1nc2cc(Cl)c(C(C)C)cc2o1. The molecule has 1 aromatic heterocycles. The second-order valence-corrected chi connectivity index (χ2v) is 4.14. The highest BCUT2D eigenvalue weighted by Gasteiger charge is 2.10. The molecule has 1 aromatic carbocycles. The van der Waals surface area contributed by atoms with Crippen LogP contribution in [0.5, 0.6) is 0 Å². The Balaban J connectivity index is 2.70. The lowest BCUT2D eigenvalue weighted by molar-refractivity contribution is 0.560. The van der Waals surface area contributed by atoms with Crippen LogP contribution in [0.1, 0.15) is 31.2 Å². The maximum absolute atomic E-state index is 6.13. The summed E-state index contributed by atoms with van der Waals surface area (Å²) in [6.45, 7) is 6.05. The van der Waals surface area contributed by atoms with Gasteiger partial charge in [-0.1, -0.05) is 25.4 Å². The average Bonchev–Trinajstić information content (AvgIpc) is 2.42. The molecule has 74 valence electrons. The van der Waals surface area contributed by atoms with Crippen LogP contribution in [0.15, 0.2) is 16.5 Å². The predicted molar refractivity (Wildman–Crippen MR) is 57.8 cm³/mol. The van der Waals surface area contributed by atoms with E-state index in [0.717, 1.165) is 21.7 Å². The molecule has 2 nitrogen and oxygen atoms in total. The van der Waals surface area contributed by atoms with E-state index in [1.165, 1.54) is 0 Å². The zero-order chi connectivity index (χ0) is 10.3. The van der Waals surface area contributed by atoms with Crippen molar-refractivity contribution in [2.75, 3.05) is 0 Å². The Morgan fingerprint density at radius 2 is 2.07 bits per heavy atom. The van der Waals surface area contributed by atoms with E-state index in [0.29, 0.717) is 11.8 Å². The summed E-state index contributed by atoms with van der Waals surface area (Å²) in [5, 5.41) is 0.765. The molecule has 0 amide bonds. The summed E-state index contributed by atoms with van der Waals surface area (Å²) in [6, 6.07) is 3.84. The van der Waals surface area contributed by atoms with Gasteiger partial charge in [-0.05, 0) is 23.6 Å². The number of rotatable bonds is 1. The molecule has 1 heterocycles. The fourth-order valence-electron chi connectivity index (χ4n) is 1.52. The Hall–Kier alpha value is -1.02. The van der Waals surface area contributed by atoms with Crippen molar-refractivity contribution in [1.82, 2.24) is 4.98 Å². The number of halogens is 1. The average molecular weight is 210 g/mol. The van der Waals surface area contributed by atoms with Crippen LogP contribution in [0.3, 0.4) is 0 Å². The van der Waals surface area contributed by atoms with Gasteiger partial charge in [0.25, 0.3) is 0 Å². The van der Waals surface area contributed by atoms with Crippen molar-refractivity contribution in [2.24, 2.45) is 0 Å². The number of fused-ring (bicyclic) bond motifs is 1. The van der Waals surface area contributed by atoms with E-state index in [2.05, 4.69) is 18.8 Å². The monoisotopic (exact) mass is 209 g/mol. The van der Waals surface area contributed by atoms with Crippen LogP contribution in [0.25, 0.3) is 11.1 Å². The van der Waals surface area contributed by atoms with E-state index in [9.17, 15) is 0 Å². The topological polar surface area (TPSA) is 26.0 Å². The number of hydrogen-bond acceptors (Lipinski definition) is 2. The number of aromatic nitrogens is 1. The third kappa shape index (κ3) is 1.50. The smallest absolute Gasteiger partial charge is 0.192 e. The van der Waals surface area contributed by atoms with Crippen LogP contribution in [-0.2, 0) is 0 Å². The van der Waals surface area contributed by atoms with E-state index in [4.69, 9.17) is 16.0 Å². The van der Waals surface area contributed by atoms with Gasteiger partial charge in [-0.15, -0.1) is 0 Å². The van der Waals surface area contributed by atoms with Gasteiger partial charge in [-0.25, -0.2) is 4.98 Å². The van der Waals surface area contributed by atoms with Crippen LogP contribution in [0.2, 0.25) is 5.02 Å². The van der Waals surface area contributed by atoms with Crippen molar-refractivity contribution in [3.63, 3.8) is 0 Å². The lowest BCUT2D eigenvalue weighted by atomic mass is 10.0. The zero-order valence-corrected chi connectivity index (χ0v) is 9.22. The van der Waals surface area contributed by atoms with Gasteiger partial charge in [0.05, 0.1) is 0 Å². The lowest BCUT2D eigenvalue weighted by Crippen LogP contribution is -1.88. The van der Waals surface area contributed by atoms with Crippen molar-refractivity contribution < 1.29 is 4.42 Å². The molecule has 0 saturated carbocycles. The Kier molecular flexibility index (Phi) is 2.23. The van der Waals surface area contributed by atoms with E-state index in [1.807, 2.05) is 19.1 Å². The minimum atomic E-state index is 0.400. The number of hydrogen-bond donors (Lipinski definition) is 0. The summed E-state index contributed by atoms with van der Waals surface area (Å²) in [7, 11) is 0. The molecule has 2 aromatic rings. The minimum Gasteiger partial charge on any atom is -0.441 e. The summed E-state index contributed by atoms with van der Waals surface area (Å²) >= 11 is 6.13. The Morgan fingerprint density at radius 1 is 1.36 bits per heavy atom. The first-order chi connectivity index (χ1) is 6.58. The van der Waals surface area contributed by atoms with Crippen LogP contribution in [-0.4, -0.2) is 4.98 Å². The highest BCUT2D eigenvalue weighted by atomic mass is 35.5. The lowest BCUT2D eigenvalue weighted by Gasteiger charge is -2.06. The molecule has 0 aliphatic carbocycles.